The molecule has 0 amide bonds. The minimum absolute atomic E-state index is 0.0622. The lowest BCUT2D eigenvalue weighted by atomic mass is 10.0. The van der Waals surface area contributed by atoms with Crippen LogP contribution in [0.5, 0.6) is 0 Å². The molecular formula is C51H98O6. The van der Waals surface area contributed by atoms with Crippen molar-refractivity contribution in [2.24, 2.45) is 0 Å². The maximum atomic E-state index is 12.7. The number of rotatable bonds is 47. The fourth-order valence-corrected chi connectivity index (χ4v) is 7.74. The Labute approximate surface area is 355 Å². The third kappa shape index (κ3) is 45.3. The molecular weight excluding hydrogens is 709 g/mol. The first-order valence-corrected chi connectivity index (χ1v) is 25.5. The molecule has 0 saturated heterocycles. The van der Waals surface area contributed by atoms with Gasteiger partial charge in [-0.15, -0.1) is 0 Å². The molecule has 0 aromatic rings. The quantitative estimate of drug-likeness (QED) is 0.0346. The monoisotopic (exact) mass is 807 g/mol. The summed E-state index contributed by atoms with van der Waals surface area (Å²) in [4.78, 5) is 37.8. The Hall–Kier alpha value is -1.59. The molecule has 0 aromatic carbocycles. The van der Waals surface area contributed by atoms with E-state index in [1.54, 1.807) is 0 Å². The number of carbonyl (C=O) groups is 3. The van der Waals surface area contributed by atoms with Crippen LogP contribution in [-0.2, 0) is 28.6 Å². The lowest BCUT2D eigenvalue weighted by Crippen LogP contribution is -2.30. The van der Waals surface area contributed by atoms with Crippen molar-refractivity contribution in [1.82, 2.24) is 0 Å². The van der Waals surface area contributed by atoms with Gasteiger partial charge in [0.15, 0.2) is 6.10 Å². The van der Waals surface area contributed by atoms with Gasteiger partial charge in [0.05, 0.1) is 0 Å². The highest BCUT2D eigenvalue weighted by Gasteiger charge is 2.19. The lowest BCUT2D eigenvalue weighted by Gasteiger charge is -2.18. The normalized spacial score (nSPS) is 11.8. The van der Waals surface area contributed by atoms with Crippen LogP contribution in [0.1, 0.15) is 290 Å². The molecule has 6 nitrogen and oxygen atoms in total. The second-order valence-corrected chi connectivity index (χ2v) is 17.5. The van der Waals surface area contributed by atoms with Gasteiger partial charge in [0, 0.05) is 19.3 Å². The van der Waals surface area contributed by atoms with Gasteiger partial charge < -0.3 is 14.2 Å². The Morgan fingerprint density at radius 1 is 0.281 bits per heavy atom. The Morgan fingerprint density at radius 3 is 0.702 bits per heavy atom. The summed E-state index contributed by atoms with van der Waals surface area (Å²) in [6, 6.07) is 0. The third-order valence-electron chi connectivity index (χ3n) is 11.6. The van der Waals surface area contributed by atoms with E-state index in [0.29, 0.717) is 19.3 Å². The fraction of sp³-hybridized carbons (Fsp3) is 0.941. The molecule has 0 rings (SSSR count). The third-order valence-corrected chi connectivity index (χ3v) is 11.6. The Kier molecular flexibility index (Phi) is 45.8. The summed E-state index contributed by atoms with van der Waals surface area (Å²) in [7, 11) is 0. The predicted molar refractivity (Wildman–Crippen MR) is 243 cm³/mol. The summed E-state index contributed by atoms with van der Waals surface area (Å²) in [6.07, 6.45) is 49.4. The molecule has 0 radical (unpaired) electrons. The summed E-state index contributed by atoms with van der Waals surface area (Å²) in [5.74, 6) is -0.845. The molecule has 0 aliphatic heterocycles. The predicted octanol–water partition coefficient (Wildman–Crippen LogP) is 16.4. The summed E-state index contributed by atoms with van der Waals surface area (Å²) in [5, 5.41) is 0. The minimum atomic E-state index is -0.758. The van der Waals surface area contributed by atoms with Crippen LogP contribution in [0.4, 0.5) is 0 Å². The number of unbranched alkanes of at least 4 members (excludes halogenated alkanes) is 36. The van der Waals surface area contributed by atoms with Crippen molar-refractivity contribution >= 4 is 17.9 Å². The summed E-state index contributed by atoms with van der Waals surface area (Å²) in [6.45, 7) is 6.66. The van der Waals surface area contributed by atoms with Gasteiger partial charge in [0.1, 0.15) is 13.2 Å². The van der Waals surface area contributed by atoms with E-state index in [1.165, 1.54) is 193 Å². The van der Waals surface area contributed by atoms with Crippen molar-refractivity contribution in [2.75, 3.05) is 13.2 Å². The van der Waals surface area contributed by atoms with Gasteiger partial charge in [-0.2, -0.15) is 0 Å². The number of esters is 3. The maximum Gasteiger partial charge on any atom is 0.306 e. The van der Waals surface area contributed by atoms with E-state index < -0.39 is 6.10 Å². The largest absolute Gasteiger partial charge is 0.462 e. The van der Waals surface area contributed by atoms with Gasteiger partial charge >= 0.3 is 17.9 Å². The number of ether oxygens (including phenoxy) is 3. The van der Waals surface area contributed by atoms with Crippen molar-refractivity contribution in [3.05, 3.63) is 0 Å². The van der Waals surface area contributed by atoms with Crippen molar-refractivity contribution in [1.29, 1.82) is 0 Å². The van der Waals surface area contributed by atoms with Crippen molar-refractivity contribution in [2.45, 2.75) is 297 Å². The van der Waals surface area contributed by atoms with Gasteiger partial charge in [-0.1, -0.05) is 252 Å². The molecule has 0 N–H and O–H groups in total. The molecule has 0 fully saturated rings. The Morgan fingerprint density at radius 2 is 0.474 bits per heavy atom. The van der Waals surface area contributed by atoms with Gasteiger partial charge in [0.2, 0.25) is 0 Å². The zero-order valence-electron chi connectivity index (χ0n) is 38.6. The summed E-state index contributed by atoms with van der Waals surface area (Å²) < 4.78 is 16.8. The highest BCUT2D eigenvalue weighted by molar-refractivity contribution is 5.71. The van der Waals surface area contributed by atoms with E-state index in [0.717, 1.165) is 57.8 Å². The zero-order chi connectivity index (χ0) is 41.5. The van der Waals surface area contributed by atoms with Crippen LogP contribution in [0.25, 0.3) is 0 Å². The SMILES string of the molecule is CCCCCCCCCCCCCCCCCCC(=O)OC[C@@H](COC(=O)CCCCCCCCCCCCCCCC)OC(=O)CCCCCCCCCCC. The summed E-state index contributed by atoms with van der Waals surface area (Å²) >= 11 is 0. The smallest absolute Gasteiger partial charge is 0.306 e. The van der Waals surface area contributed by atoms with Crippen molar-refractivity contribution in [3.8, 4) is 0 Å². The number of carbonyl (C=O) groups excluding carboxylic acids is 3. The van der Waals surface area contributed by atoms with Crippen LogP contribution in [-0.4, -0.2) is 37.2 Å². The van der Waals surface area contributed by atoms with E-state index in [9.17, 15) is 14.4 Å². The van der Waals surface area contributed by atoms with E-state index in [1.807, 2.05) is 0 Å². The van der Waals surface area contributed by atoms with Crippen LogP contribution in [0.3, 0.4) is 0 Å². The Balaban J connectivity index is 4.23. The Bertz CT molecular complexity index is 844. The average molecular weight is 807 g/mol. The van der Waals surface area contributed by atoms with Gasteiger partial charge in [-0.25, -0.2) is 0 Å². The van der Waals surface area contributed by atoms with Crippen LogP contribution < -0.4 is 0 Å². The molecule has 0 aromatic heterocycles. The van der Waals surface area contributed by atoms with Crippen LogP contribution in [0.15, 0.2) is 0 Å². The highest BCUT2D eigenvalue weighted by Crippen LogP contribution is 2.17. The fourth-order valence-electron chi connectivity index (χ4n) is 7.74. The molecule has 0 aliphatic rings. The highest BCUT2D eigenvalue weighted by atomic mass is 16.6. The summed E-state index contributed by atoms with van der Waals surface area (Å²) in [5.41, 5.74) is 0. The topological polar surface area (TPSA) is 78.9 Å². The molecule has 0 bridgehead atoms. The zero-order valence-corrected chi connectivity index (χ0v) is 38.6. The number of hydrogen-bond donors (Lipinski definition) is 0. The molecule has 0 unspecified atom stereocenters. The molecule has 0 saturated carbocycles. The maximum absolute atomic E-state index is 12.7. The van der Waals surface area contributed by atoms with Crippen LogP contribution in [0, 0.1) is 0 Å². The molecule has 338 valence electrons. The van der Waals surface area contributed by atoms with Crippen LogP contribution in [0.2, 0.25) is 0 Å². The van der Waals surface area contributed by atoms with E-state index in [4.69, 9.17) is 14.2 Å². The molecule has 0 spiro atoms. The van der Waals surface area contributed by atoms with Crippen molar-refractivity contribution < 1.29 is 28.6 Å². The van der Waals surface area contributed by atoms with E-state index >= 15 is 0 Å². The van der Waals surface area contributed by atoms with Gasteiger partial charge in [0.25, 0.3) is 0 Å². The van der Waals surface area contributed by atoms with Gasteiger partial charge in [-0.3, -0.25) is 14.4 Å². The average Bonchev–Trinajstić information content (AvgIpc) is 3.21. The molecule has 57 heavy (non-hydrogen) atoms. The number of hydrogen-bond acceptors (Lipinski definition) is 6. The first-order valence-electron chi connectivity index (χ1n) is 25.5. The van der Waals surface area contributed by atoms with E-state index in [2.05, 4.69) is 20.8 Å². The molecule has 6 heteroatoms. The van der Waals surface area contributed by atoms with Crippen LogP contribution >= 0.6 is 0 Å². The first-order chi connectivity index (χ1) is 28.0. The van der Waals surface area contributed by atoms with Crippen molar-refractivity contribution in [3.63, 3.8) is 0 Å². The minimum Gasteiger partial charge on any atom is -0.462 e. The standard InChI is InChI=1S/C51H98O6/c1-4-7-10-13-16-19-21-23-25-26-28-30-33-35-38-41-44-50(53)56-47-48(57-51(54)45-42-39-36-31-18-15-12-9-6-3)46-55-49(52)43-40-37-34-32-29-27-24-22-20-17-14-11-8-5-2/h48H,4-47H2,1-3H3/t48-/m1/s1. The second-order valence-electron chi connectivity index (χ2n) is 17.5. The van der Waals surface area contributed by atoms with Gasteiger partial charge in [-0.05, 0) is 19.3 Å². The second kappa shape index (κ2) is 47.1. The first kappa shape index (κ1) is 55.4. The van der Waals surface area contributed by atoms with E-state index in [-0.39, 0.29) is 31.1 Å². The molecule has 1 atom stereocenters. The molecule has 0 aliphatic carbocycles. The molecule has 0 heterocycles. The lowest BCUT2D eigenvalue weighted by molar-refractivity contribution is -0.167.